The highest BCUT2D eigenvalue weighted by molar-refractivity contribution is 7.80. The fraction of sp³-hybridized carbons (Fsp3) is 0.304. The molecule has 2 aromatic heterocycles. The van der Waals surface area contributed by atoms with Gasteiger partial charge >= 0.3 is 0 Å². The Morgan fingerprint density at radius 3 is 2.63 bits per heavy atom. The van der Waals surface area contributed by atoms with Gasteiger partial charge in [0.1, 0.15) is 5.75 Å². The molecule has 3 aromatic rings. The maximum atomic E-state index is 5.69. The Kier molecular flexibility index (Phi) is 6.30. The van der Waals surface area contributed by atoms with Crippen LogP contribution in [0.1, 0.15) is 30.4 Å². The van der Waals surface area contributed by atoms with E-state index in [9.17, 15) is 0 Å². The molecule has 0 radical (unpaired) electrons. The first-order chi connectivity index (χ1) is 14.7. The van der Waals surface area contributed by atoms with Crippen molar-refractivity contribution in [2.45, 2.75) is 19.0 Å². The molecule has 0 unspecified atom stereocenters. The van der Waals surface area contributed by atoms with E-state index in [-0.39, 0.29) is 12.1 Å². The average molecular weight is 423 g/mol. The number of hydrogen-bond donors (Lipinski definition) is 1. The summed E-state index contributed by atoms with van der Waals surface area (Å²) < 4.78 is 13.1. The topological polar surface area (TPSA) is 51.5 Å². The number of nitrogens with zero attached hydrogens (tertiary/aromatic N) is 3. The minimum atomic E-state index is -0.0492. The lowest BCUT2D eigenvalue weighted by atomic mass is 10.0. The van der Waals surface area contributed by atoms with Gasteiger partial charge in [0.25, 0.3) is 0 Å². The number of nitrogens with one attached hydrogen (secondary N) is 1. The van der Waals surface area contributed by atoms with Crippen LogP contribution in [0.25, 0.3) is 5.69 Å². The molecule has 4 rings (SSSR count). The molecule has 30 heavy (non-hydrogen) atoms. The highest BCUT2D eigenvalue weighted by Crippen LogP contribution is 2.39. The predicted octanol–water partition coefficient (Wildman–Crippen LogP) is 3.89. The number of aromatic nitrogens is 2. The zero-order chi connectivity index (χ0) is 20.9. The van der Waals surface area contributed by atoms with E-state index in [0.717, 1.165) is 22.8 Å². The lowest BCUT2D eigenvalue weighted by Crippen LogP contribution is -2.33. The second-order valence-corrected chi connectivity index (χ2v) is 7.43. The number of rotatable bonds is 8. The first kappa shape index (κ1) is 20.4. The Balaban J connectivity index is 1.73. The molecule has 3 heterocycles. The predicted molar refractivity (Wildman–Crippen MR) is 121 cm³/mol. The Bertz CT molecular complexity index is 974. The highest BCUT2D eigenvalue weighted by Gasteiger charge is 2.41. The minimum absolute atomic E-state index is 0.0101. The van der Waals surface area contributed by atoms with Gasteiger partial charge in [0.05, 0.1) is 31.0 Å². The molecule has 1 fully saturated rings. The number of benzene rings is 1. The van der Waals surface area contributed by atoms with Crippen LogP contribution < -0.4 is 10.1 Å². The molecular weight excluding hydrogens is 396 g/mol. The number of thiocarbonyl (C=S) groups is 1. The van der Waals surface area contributed by atoms with Crippen molar-refractivity contribution < 1.29 is 9.47 Å². The fourth-order valence-electron chi connectivity index (χ4n) is 3.90. The molecule has 1 saturated heterocycles. The van der Waals surface area contributed by atoms with Crippen LogP contribution in [0.2, 0.25) is 0 Å². The van der Waals surface area contributed by atoms with E-state index < -0.39 is 0 Å². The van der Waals surface area contributed by atoms with Crippen molar-refractivity contribution in [2.24, 2.45) is 0 Å². The van der Waals surface area contributed by atoms with E-state index in [1.165, 1.54) is 0 Å². The summed E-state index contributed by atoms with van der Waals surface area (Å²) in [5.74, 6) is 0.867. The summed E-state index contributed by atoms with van der Waals surface area (Å²) in [6.07, 6.45) is 3.90. The number of hydrogen-bond acceptors (Lipinski definition) is 4. The first-order valence-electron chi connectivity index (χ1n) is 10.1. The Labute approximate surface area is 182 Å². The number of ether oxygens (including phenoxy) is 2. The van der Waals surface area contributed by atoms with Crippen molar-refractivity contribution in [3.05, 3.63) is 78.4 Å². The molecular formula is C23H26N4O2S. The third-order valence-corrected chi connectivity index (χ3v) is 5.60. The molecule has 7 heteroatoms. The van der Waals surface area contributed by atoms with Gasteiger partial charge in [-0.1, -0.05) is 6.07 Å². The number of methoxy groups -OCH3 is 1. The van der Waals surface area contributed by atoms with E-state index in [4.69, 9.17) is 21.7 Å². The lowest BCUT2D eigenvalue weighted by Gasteiger charge is -2.28. The summed E-state index contributed by atoms with van der Waals surface area (Å²) in [6, 6.07) is 18.3. The maximum Gasteiger partial charge on any atom is 0.170 e. The Morgan fingerprint density at radius 1 is 1.10 bits per heavy atom. The van der Waals surface area contributed by atoms with Gasteiger partial charge in [-0.05, 0) is 67.7 Å². The molecule has 1 aliphatic rings. The van der Waals surface area contributed by atoms with Crippen LogP contribution in [0.15, 0.2) is 67.0 Å². The quantitative estimate of drug-likeness (QED) is 0.556. The van der Waals surface area contributed by atoms with E-state index in [1.807, 2.05) is 43.5 Å². The van der Waals surface area contributed by atoms with Gasteiger partial charge in [0.15, 0.2) is 5.11 Å². The van der Waals surface area contributed by atoms with Gasteiger partial charge in [0, 0.05) is 37.4 Å². The van der Waals surface area contributed by atoms with E-state index in [1.54, 1.807) is 7.11 Å². The van der Waals surface area contributed by atoms with Crippen molar-refractivity contribution in [2.75, 3.05) is 26.9 Å². The van der Waals surface area contributed by atoms with Gasteiger partial charge in [-0.2, -0.15) is 0 Å². The highest BCUT2D eigenvalue weighted by atomic mass is 32.1. The molecule has 0 bridgehead atoms. The lowest BCUT2D eigenvalue weighted by molar-refractivity contribution is 0.163. The monoisotopic (exact) mass is 422 g/mol. The zero-order valence-corrected chi connectivity index (χ0v) is 18.0. The summed E-state index contributed by atoms with van der Waals surface area (Å²) >= 11 is 5.69. The zero-order valence-electron chi connectivity index (χ0n) is 17.2. The Hall–Kier alpha value is -2.90. The average Bonchev–Trinajstić information content (AvgIpc) is 3.38. The third kappa shape index (κ3) is 4.04. The third-order valence-electron chi connectivity index (χ3n) is 5.24. The molecule has 1 aliphatic heterocycles. The van der Waals surface area contributed by atoms with Crippen LogP contribution in [0.5, 0.6) is 5.75 Å². The molecule has 6 nitrogen and oxygen atoms in total. The van der Waals surface area contributed by atoms with Crippen LogP contribution >= 0.6 is 12.2 Å². The van der Waals surface area contributed by atoms with Crippen molar-refractivity contribution >= 4 is 17.3 Å². The van der Waals surface area contributed by atoms with Gasteiger partial charge in [0.2, 0.25) is 0 Å². The van der Waals surface area contributed by atoms with Crippen LogP contribution in [-0.4, -0.2) is 46.4 Å². The van der Waals surface area contributed by atoms with Crippen molar-refractivity contribution in [3.63, 3.8) is 0 Å². The summed E-state index contributed by atoms with van der Waals surface area (Å²) in [6.45, 7) is 3.93. The normalized spacial score (nSPS) is 18.5. The van der Waals surface area contributed by atoms with Crippen LogP contribution in [0.3, 0.4) is 0 Å². The molecule has 1 N–H and O–H groups in total. The molecule has 2 atom stereocenters. The summed E-state index contributed by atoms with van der Waals surface area (Å²) in [4.78, 5) is 6.79. The molecule has 0 amide bonds. The van der Waals surface area contributed by atoms with E-state index in [0.29, 0.717) is 24.9 Å². The van der Waals surface area contributed by atoms with Crippen LogP contribution in [-0.2, 0) is 4.74 Å². The molecule has 0 saturated carbocycles. The van der Waals surface area contributed by atoms with Crippen LogP contribution in [0, 0.1) is 0 Å². The minimum Gasteiger partial charge on any atom is -0.494 e. The SMILES string of the molecule is CCOc1ccc(-n2cccc2[C@H]2[C@@H](c3ccccn3)NC(=S)N2CCOC)cc1. The second-order valence-electron chi connectivity index (χ2n) is 7.04. The summed E-state index contributed by atoms with van der Waals surface area (Å²) in [5.41, 5.74) is 3.17. The summed E-state index contributed by atoms with van der Waals surface area (Å²) in [7, 11) is 1.71. The smallest absolute Gasteiger partial charge is 0.170 e. The standard InChI is InChI=1S/C23H26N4O2S/c1-3-29-18-11-9-17(10-12-18)26-14-6-8-20(26)22-21(19-7-4-5-13-24-19)25-23(30)27(22)15-16-28-2/h4-14,21-22H,3,15-16H2,1-2H3,(H,25,30)/t21-,22+/m1/s1. The molecule has 0 spiro atoms. The molecule has 0 aliphatic carbocycles. The van der Waals surface area contributed by atoms with E-state index in [2.05, 4.69) is 50.2 Å². The van der Waals surface area contributed by atoms with E-state index >= 15 is 0 Å². The maximum absolute atomic E-state index is 5.69. The van der Waals surface area contributed by atoms with Crippen molar-refractivity contribution in [1.29, 1.82) is 0 Å². The van der Waals surface area contributed by atoms with Crippen molar-refractivity contribution in [1.82, 2.24) is 19.8 Å². The largest absolute Gasteiger partial charge is 0.494 e. The fourth-order valence-corrected chi connectivity index (χ4v) is 4.23. The number of pyridine rings is 1. The van der Waals surface area contributed by atoms with Gasteiger partial charge in [-0.15, -0.1) is 0 Å². The summed E-state index contributed by atoms with van der Waals surface area (Å²) in [5, 5.41) is 4.19. The second kappa shape index (κ2) is 9.28. The Morgan fingerprint density at radius 2 is 1.93 bits per heavy atom. The van der Waals surface area contributed by atoms with Crippen molar-refractivity contribution in [3.8, 4) is 11.4 Å². The van der Waals surface area contributed by atoms with Gasteiger partial charge in [-0.3, -0.25) is 4.98 Å². The molecule has 156 valence electrons. The van der Waals surface area contributed by atoms with Crippen LogP contribution in [0.4, 0.5) is 0 Å². The first-order valence-corrected chi connectivity index (χ1v) is 10.5. The molecule has 1 aromatic carbocycles. The van der Waals surface area contributed by atoms with Gasteiger partial charge in [-0.25, -0.2) is 0 Å². The van der Waals surface area contributed by atoms with Gasteiger partial charge < -0.3 is 24.3 Å².